The number of hydrogen-bond donors (Lipinski definition) is 3. The lowest BCUT2D eigenvalue weighted by molar-refractivity contribution is 0.240. The standard InChI is InChI=1S/C22H30N8O2/c1-14(2)11-18(21-27-20(29-32-21)19-23-13-24-28-19)26-22(31)25-16-5-4-6-17(12-16)30-9-7-15(3)8-10-30/h4-6,12-15,18H,7-11H2,1-3H3,(H,23,24,28)(H2,25,26,31)/t18-/m0/s1. The first-order chi connectivity index (χ1) is 15.5. The monoisotopic (exact) mass is 438 g/mol. The smallest absolute Gasteiger partial charge is 0.319 e. The van der Waals surface area contributed by atoms with Crippen molar-refractivity contribution >= 4 is 17.4 Å². The van der Waals surface area contributed by atoms with Gasteiger partial charge in [-0.1, -0.05) is 32.0 Å². The van der Waals surface area contributed by atoms with Gasteiger partial charge in [-0.2, -0.15) is 10.1 Å². The Kier molecular flexibility index (Phi) is 6.67. The van der Waals surface area contributed by atoms with Crippen molar-refractivity contribution < 1.29 is 9.32 Å². The van der Waals surface area contributed by atoms with E-state index in [1.165, 1.54) is 19.2 Å². The molecule has 0 unspecified atom stereocenters. The highest BCUT2D eigenvalue weighted by Crippen LogP contribution is 2.26. The van der Waals surface area contributed by atoms with Crippen LogP contribution in [0.3, 0.4) is 0 Å². The Morgan fingerprint density at radius 1 is 1.31 bits per heavy atom. The summed E-state index contributed by atoms with van der Waals surface area (Å²) in [4.78, 5) is 23.6. The molecule has 2 amide bonds. The highest BCUT2D eigenvalue weighted by molar-refractivity contribution is 5.90. The largest absolute Gasteiger partial charge is 0.371 e. The lowest BCUT2D eigenvalue weighted by atomic mass is 9.99. The number of nitrogens with zero attached hydrogens (tertiary/aromatic N) is 5. The Balaban J connectivity index is 1.42. The zero-order valence-corrected chi connectivity index (χ0v) is 18.7. The molecular weight excluding hydrogens is 408 g/mol. The van der Waals surface area contributed by atoms with Crippen LogP contribution in [0.1, 0.15) is 52.0 Å². The summed E-state index contributed by atoms with van der Waals surface area (Å²) in [6.45, 7) is 8.52. The number of nitrogens with one attached hydrogen (secondary N) is 3. The number of hydrogen-bond acceptors (Lipinski definition) is 7. The molecule has 0 aliphatic carbocycles. The van der Waals surface area contributed by atoms with Gasteiger partial charge in [0.1, 0.15) is 12.4 Å². The van der Waals surface area contributed by atoms with Gasteiger partial charge in [0.15, 0.2) is 5.82 Å². The van der Waals surface area contributed by atoms with E-state index < -0.39 is 6.04 Å². The summed E-state index contributed by atoms with van der Waals surface area (Å²) in [6.07, 6.45) is 4.41. The Labute approximate surface area is 187 Å². The van der Waals surface area contributed by atoms with E-state index in [0.717, 1.165) is 30.4 Å². The molecule has 3 heterocycles. The van der Waals surface area contributed by atoms with Gasteiger partial charge in [0.2, 0.25) is 11.7 Å². The number of aromatic amines is 1. The number of carbonyl (C=O) groups excluding carboxylic acids is 1. The number of piperidine rings is 1. The van der Waals surface area contributed by atoms with E-state index >= 15 is 0 Å². The lowest BCUT2D eigenvalue weighted by Crippen LogP contribution is -2.34. The minimum absolute atomic E-state index is 0.303. The number of aromatic nitrogens is 5. The molecule has 3 aromatic rings. The molecular formula is C22H30N8O2. The van der Waals surface area contributed by atoms with Crippen LogP contribution in [-0.2, 0) is 0 Å². The molecule has 1 aliphatic heterocycles. The van der Waals surface area contributed by atoms with Crippen molar-refractivity contribution in [3.05, 3.63) is 36.5 Å². The van der Waals surface area contributed by atoms with Gasteiger partial charge in [-0.3, -0.25) is 5.10 Å². The van der Waals surface area contributed by atoms with E-state index in [-0.39, 0.29) is 6.03 Å². The topological polar surface area (TPSA) is 125 Å². The third-order valence-electron chi connectivity index (χ3n) is 5.63. The average molecular weight is 439 g/mol. The van der Waals surface area contributed by atoms with E-state index in [9.17, 15) is 4.79 Å². The molecule has 0 saturated carbocycles. The second kappa shape index (κ2) is 9.80. The fourth-order valence-corrected chi connectivity index (χ4v) is 3.85. The van der Waals surface area contributed by atoms with Crippen molar-refractivity contribution in [1.29, 1.82) is 0 Å². The Morgan fingerprint density at radius 3 is 2.84 bits per heavy atom. The summed E-state index contributed by atoms with van der Waals surface area (Å²) in [5, 5.41) is 16.4. The predicted molar refractivity (Wildman–Crippen MR) is 121 cm³/mol. The van der Waals surface area contributed by atoms with Crippen molar-refractivity contribution in [1.82, 2.24) is 30.6 Å². The molecule has 2 aromatic heterocycles. The number of urea groups is 1. The van der Waals surface area contributed by atoms with Crippen LogP contribution in [0.4, 0.5) is 16.2 Å². The molecule has 1 aliphatic rings. The summed E-state index contributed by atoms with van der Waals surface area (Å²) in [7, 11) is 0. The Bertz CT molecular complexity index is 1010. The molecule has 10 nitrogen and oxygen atoms in total. The number of amides is 2. The molecule has 0 radical (unpaired) electrons. The molecule has 0 spiro atoms. The van der Waals surface area contributed by atoms with Crippen molar-refractivity contribution in [2.24, 2.45) is 11.8 Å². The Morgan fingerprint density at radius 2 is 2.12 bits per heavy atom. The van der Waals surface area contributed by atoms with Gasteiger partial charge in [-0.15, -0.1) is 0 Å². The first-order valence-electron chi connectivity index (χ1n) is 11.1. The van der Waals surface area contributed by atoms with Crippen molar-refractivity contribution in [2.45, 2.75) is 46.1 Å². The van der Waals surface area contributed by atoms with E-state index in [1.54, 1.807) is 0 Å². The highest BCUT2D eigenvalue weighted by atomic mass is 16.5. The predicted octanol–water partition coefficient (Wildman–Crippen LogP) is 4.00. The normalized spacial score (nSPS) is 15.7. The maximum absolute atomic E-state index is 12.8. The lowest BCUT2D eigenvalue weighted by Gasteiger charge is -2.32. The van der Waals surface area contributed by atoms with Gasteiger partial charge in [-0.05, 0) is 49.3 Å². The Hall–Kier alpha value is -3.43. The van der Waals surface area contributed by atoms with E-state index in [1.807, 2.05) is 18.2 Å². The van der Waals surface area contributed by atoms with Crippen LogP contribution < -0.4 is 15.5 Å². The summed E-state index contributed by atoms with van der Waals surface area (Å²) in [5.41, 5.74) is 1.87. The summed E-state index contributed by atoms with van der Waals surface area (Å²) in [5.74, 6) is 2.13. The SMILES string of the molecule is CC(C)C[C@H](NC(=O)Nc1cccc(N2CCC(C)CC2)c1)c1nc(-c2ncn[nH]2)no1. The van der Waals surface area contributed by atoms with E-state index in [0.29, 0.717) is 29.9 Å². The van der Waals surface area contributed by atoms with Crippen LogP contribution in [0, 0.1) is 11.8 Å². The highest BCUT2D eigenvalue weighted by Gasteiger charge is 2.24. The molecule has 170 valence electrons. The van der Waals surface area contributed by atoms with Crippen molar-refractivity contribution in [2.75, 3.05) is 23.3 Å². The maximum atomic E-state index is 12.8. The molecule has 32 heavy (non-hydrogen) atoms. The molecule has 0 bridgehead atoms. The van der Waals surface area contributed by atoms with Crippen LogP contribution in [0.25, 0.3) is 11.6 Å². The van der Waals surface area contributed by atoms with Gasteiger partial charge in [0.25, 0.3) is 0 Å². The van der Waals surface area contributed by atoms with Gasteiger partial charge in [-0.25, -0.2) is 9.78 Å². The third-order valence-corrected chi connectivity index (χ3v) is 5.63. The number of rotatable bonds is 7. The van der Waals surface area contributed by atoms with Gasteiger partial charge in [0.05, 0.1) is 0 Å². The summed E-state index contributed by atoms with van der Waals surface area (Å²) < 4.78 is 5.41. The first kappa shape index (κ1) is 21.8. The minimum atomic E-state index is -0.425. The fourth-order valence-electron chi connectivity index (χ4n) is 3.85. The second-order valence-electron chi connectivity index (χ2n) is 8.79. The van der Waals surface area contributed by atoms with Crippen molar-refractivity contribution in [3.8, 4) is 11.6 Å². The van der Waals surface area contributed by atoms with Gasteiger partial charge < -0.3 is 20.1 Å². The number of H-pyrrole nitrogens is 1. The third kappa shape index (κ3) is 5.43. The number of anilines is 2. The van der Waals surface area contributed by atoms with Crippen molar-refractivity contribution in [3.63, 3.8) is 0 Å². The average Bonchev–Trinajstić information content (AvgIpc) is 3.46. The van der Waals surface area contributed by atoms with E-state index in [2.05, 4.69) is 67.7 Å². The molecule has 10 heteroatoms. The van der Waals surface area contributed by atoms with Crippen LogP contribution in [-0.4, -0.2) is 44.4 Å². The van der Waals surface area contributed by atoms with Crippen LogP contribution in [0.2, 0.25) is 0 Å². The maximum Gasteiger partial charge on any atom is 0.319 e. The summed E-state index contributed by atoms with van der Waals surface area (Å²) >= 11 is 0. The quantitative estimate of drug-likeness (QED) is 0.509. The zero-order valence-electron chi connectivity index (χ0n) is 18.7. The molecule has 1 saturated heterocycles. The molecule has 3 N–H and O–H groups in total. The molecule has 1 atom stereocenters. The second-order valence-corrected chi connectivity index (χ2v) is 8.79. The van der Waals surface area contributed by atoms with Gasteiger partial charge in [0, 0.05) is 24.5 Å². The molecule has 1 fully saturated rings. The first-order valence-corrected chi connectivity index (χ1v) is 11.1. The summed E-state index contributed by atoms with van der Waals surface area (Å²) in [6, 6.07) is 7.22. The van der Waals surface area contributed by atoms with Crippen LogP contribution >= 0.6 is 0 Å². The molecule has 4 rings (SSSR count). The van der Waals surface area contributed by atoms with Crippen LogP contribution in [0.15, 0.2) is 35.1 Å². The van der Waals surface area contributed by atoms with Gasteiger partial charge >= 0.3 is 6.03 Å². The zero-order chi connectivity index (χ0) is 22.5. The minimum Gasteiger partial charge on any atom is -0.371 e. The van der Waals surface area contributed by atoms with Crippen LogP contribution in [0.5, 0.6) is 0 Å². The number of carbonyl (C=O) groups is 1. The molecule has 1 aromatic carbocycles. The number of benzene rings is 1. The van der Waals surface area contributed by atoms with E-state index in [4.69, 9.17) is 4.52 Å². The fraction of sp³-hybridized carbons (Fsp3) is 0.500.